The molecule has 0 fully saturated rings. The van der Waals surface area contributed by atoms with Crippen molar-refractivity contribution < 1.29 is 0 Å². The predicted molar refractivity (Wildman–Crippen MR) is 67.7 cm³/mol. The van der Waals surface area contributed by atoms with E-state index in [-0.39, 0.29) is 0 Å². The molecule has 84 valence electrons. The highest BCUT2D eigenvalue weighted by molar-refractivity contribution is 5.85. The molecule has 0 spiro atoms. The van der Waals surface area contributed by atoms with E-state index in [4.69, 9.17) is 0 Å². The molecule has 0 amide bonds. The summed E-state index contributed by atoms with van der Waals surface area (Å²) >= 11 is 0. The van der Waals surface area contributed by atoms with Gasteiger partial charge < -0.3 is 4.98 Å². The SMILES string of the molecule is CCN1CCc2c([nH]c3cc(C)ccc23)C1. The van der Waals surface area contributed by atoms with Crippen molar-refractivity contribution in [3.63, 3.8) is 0 Å². The van der Waals surface area contributed by atoms with Crippen LogP contribution in [-0.2, 0) is 13.0 Å². The first kappa shape index (κ1) is 9.91. The van der Waals surface area contributed by atoms with Gasteiger partial charge in [0.2, 0.25) is 0 Å². The van der Waals surface area contributed by atoms with E-state index >= 15 is 0 Å². The molecule has 1 aromatic heterocycles. The molecule has 1 aromatic carbocycles. The van der Waals surface area contributed by atoms with E-state index in [9.17, 15) is 0 Å². The molecule has 2 nitrogen and oxygen atoms in total. The van der Waals surface area contributed by atoms with Gasteiger partial charge in [-0.1, -0.05) is 19.1 Å². The maximum atomic E-state index is 3.58. The molecule has 2 aromatic rings. The van der Waals surface area contributed by atoms with Crippen LogP contribution in [0.1, 0.15) is 23.7 Å². The summed E-state index contributed by atoms with van der Waals surface area (Å²) in [7, 11) is 0. The molecule has 0 unspecified atom stereocenters. The normalized spacial score (nSPS) is 16.6. The predicted octanol–water partition coefficient (Wildman–Crippen LogP) is 2.85. The molecule has 1 aliphatic rings. The average molecular weight is 214 g/mol. The van der Waals surface area contributed by atoms with E-state index in [1.807, 2.05) is 0 Å². The number of aromatic amines is 1. The summed E-state index contributed by atoms with van der Waals surface area (Å²) in [6.07, 6.45) is 1.19. The lowest BCUT2D eigenvalue weighted by Gasteiger charge is -2.25. The van der Waals surface area contributed by atoms with Gasteiger partial charge >= 0.3 is 0 Å². The quantitative estimate of drug-likeness (QED) is 0.773. The number of benzene rings is 1. The number of likely N-dealkylation sites (N-methyl/N-ethyl adjacent to an activating group) is 1. The molecule has 16 heavy (non-hydrogen) atoms. The molecule has 0 saturated heterocycles. The Kier molecular flexibility index (Phi) is 2.25. The molecule has 0 bridgehead atoms. The highest BCUT2D eigenvalue weighted by Gasteiger charge is 2.18. The number of rotatable bonds is 1. The fourth-order valence-electron chi connectivity index (χ4n) is 2.69. The van der Waals surface area contributed by atoms with Crippen LogP contribution in [0.4, 0.5) is 0 Å². The van der Waals surface area contributed by atoms with E-state index in [0.717, 1.165) is 13.1 Å². The number of aromatic nitrogens is 1. The van der Waals surface area contributed by atoms with Crippen LogP contribution >= 0.6 is 0 Å². The lowest BCUT2D eigenvalue weighted by molar-refractivity contribution is 0.266. The zero-order valence-corrected chi connectivity index (χ0v) is 10.0. The van der Waals surface area contributed by atoms with E-state index in [2.05, 4.69) is 41.9 Å². The minimum Gasteiger partial charge on any atom is -0.357 e. The topological polar surface area (TPSA) is 19.0 Å². The monoisotopic (exact) mass is 214 g/mol. The van der Waals surface area contributed by atoms with Gasteiger partial charge in [0.15, 0.2) is 0 Å². The molecule has 2 heteroatoms. The van der Waals surface area contributed by atoms with Gasteiger partial charge in [0.25, 0.3) is 0 Å². The van der Waals surface area contributed by atoms with Crippen LogP contribution in [0, 0.1) is 6.92 Å². The van der Waals surface area contributed by atoms with Crippen molar-refractivity contribution in [1.82, 2.24) is 9.88 Å². The molecule has 0 radical (unpaired) electrons. The Balaban J connectivity index is 2.12. The molecular formula is C14H18N2. The van der Waals surface area contributed by atoms with Crippen LogP contribution in [-0.4, -0.2) is 23.0 Å². The van der Waals surface area contributed by atoms with Crippen molar-refractivity contribution in [2.24, 2.45) is 0 Å². The highest BCUT2D eigenvalue weighted by atomic mass is 15.1. The van der Waals surface area contributed by atoms with Crippen LogP contribution in [0.2, 0.25) is 0 Å². The van der Waals surface area contributed by atoms with Crippen LogP contribution in [0.15, 0.2) is 18.2 Å². The molecule has 0 saturated carbocycles. The smallest absolute Gasteiger partial charge is 0.0461 e. The highest BCUT2D eigenvalue weighted by Crippen LogP contribution is 2.27. The Hall–Kier alpha value is -1.28. The minimum absolute atomic E-state index is 1.08. The summed E-state index contributed by atoms with van der Waals surface area (Å²) in [6.45, 7) is 7.81. The van der Waals surface area contributed by atoms with Gasteiger partial charge in [0.1, 0.15) is 0 Å². The van der Waals surface area contributed by atoms with Gasteiger partial charge in [-0.05, 0) is 37.1 Å². The zero-order chi connectivity index (χ0) is 11.1. The second-order valence-corrected chi connectivity index (χ2v) is 4.75. The third kappa shape index (κ3) is 1.45. The third-order valence-corrected chi connectivity index (χ3v) is 3.66. The van der Waals surface area contributed by atoms with E-state index in [1.165, 1.54) is 35.1 Å². The van der Waals surface area contributed by atoms with E-state index < -0.39 is 0 Å². The van der Waals surface area contributed by atoms with Gasteiger partial charge in [-0.3, -0.25) is 4.90 Å². The number of H-pyrrole nitrogens is 1. The number of fused-ring (bicyclic) bond motifs is 3. The summed E-state index contributed by atoms with van der Waals surface area (Å²) < 4.78 is 0. The van der Waals surface area contributed by atoms with Gasteiger partial charge in [-0.2, -0.15) is 0 Å². The van der Waals surface area contributed by atoms with Crippen LogP contribution in [0.3, 0.4) is 0 Å². The molecule has 0 atom stereocenters. The van der Waals surface area contributed by atoms with Gasteiger partial charge in [0, 0.05) is 29.7 Å². The Morgan fingerprint density at radius 2 is 2.25 bits per heavy atom. The Morgan fingerprint density at radius 1 is 1.38 bits per heavy atom. The Labute approximate surface area is 96.3 Å². The largest absolute Gasteiger partial charge is 0.357 e. The number of hydrogen-bond donors (Lipinski definition) is 1. The van der Waals surface area contributed by atoms with Crippen molar-refractivity contribution >= 4 is 10.9 Å². The van der Waals surface area contributed by atoms with Gasteiger partial charge in [-0.25, -0.2) is 0 Å². The van der Waals surface area contributed by atoms with Crippen LogP contribution in [0.25, 0.3) is 10.9 Å². The summed E-state index contributed by atoms with van der Waals surface area (Å²) in [5, 5.41) is 1.43. The number of hydrogen-bond acceptors (Lipinski definition) is 1. The molecule has 3 rings (SSSR count). The first-order valence-corrected chi connectivity index (χ1v) is 6.10. The first-order valence-electron chi connectivity index (χ1n) is 6.10. The van der Waals surface area contributed by atoms with Crippen molar-refractivity contribution in [2.45, 2.75) is 26.8 Å². The van der Waals surface area contributed by atoms with Crippen molar-refractivity contribution in [1.29, 1.82) is 0 Å². The number of aryl methyl sites for hydroxylation is 1. The second-order valence-electron chi connectivity index (χ2n) is 4.75. The molecule has 0 aliphatic carbocycles. The van der Waals surface area contributed by atoms with Crippen molar-refractivity contribution in [3.05, 3.63) is 35.0 Å². The van der Waals surface area contributed by atoms with Crippen molar-refractivity contribution in [3.8, 4) is 0 Å². The lowest BCUT2D eigenvalue weighted by Crippen LogP contribution is -2.29. The second kappa shape index (κ2) is 3.63. The number of nitrogens with one attached hydrogen (secondary N) is 1. The van der Waals surface area contributed by atoms with E-state index in [1.54, 1.807) is 5.56 Å². The summed E-state index contributed by atoms with van der Waals surface area (Å²) in [5.41, 5.74) is 5.61. The Morgan fingerprint density at radius 3 is 3.06 bits per heavy atom. The lowest BCUT2D eigenvalue weighted by atomic mass is 10.0. The van der Waals surface area contributed by atoms with E-state index in [0.29, 0.717) is 0 Å². The first-order chi connectivity index (χ1) is 7.78. The fourth-order valence-corrected chi connectivity index (χ4v) is 2.69. The third-order valence-electron chi connectivity index (χ3n) is 3.66. The van der Waals surface area contributed by atoms with Crippen molar-refractivity contribution in [2.75, 3.05) is 13.1 Å². The van der Waals surface area contributed by atoms with Crippen LogP contribution < -0.4 is 0 Å². The summed E-state index contributed by atoms with van der Waals surface area (Å²) in [6, 6.07) is 6.73. The molecule has 1 aliphatic heterocycles. The van der Waals surface area contributed by atoms with Gasteiger partial charge in [-0.15, -0.1) is 0 Å². The summed E-state index contributed by atoms with van der Waals surface area (Å²) in [5.74, 6) is 0. The molecule has 1 N–H and O–H groups in total. The van der Waals surface area contributed by atoms with Crippen LogP contribution in [0.5, 0.6) is 0 Å². The summed E-state index contributed by atoms with van der Waals surface area (Å²) in [4.78, 5) is 6.07. The maximum Gasteiger partial charge on any atom is 0.0461 e. The standard InChI is InChI=1S/C14H18N2/c1-3-16-7-6-12-11-5-4-10(2)8-13(11)15-14(12)9-16/h4-5,8,15H,3,6-7,9H2,1-2H3. The fraction of sp³-hybridized carbons (Fsp3) is 0.429. The number of nitrogens with zero attached hydrogens (tertiary/aromatic N) is 1. The average Bonchev–Trinajstić information content (AvgIpc) is 2.64. The maximum absolute atomic E-state index is 3.58. The molecule has 2 heterocycles. The Bertz CT molecular complexity index is 525. The molecular weight excluding hydrogens is 196 g/mol. The minimum atomic E-state index is 1.08. The zero-order valence-electron chi connectivity index (χ0n) is 10.0. The van der Waals surface area contributed by atoms with Gasteiger partial charge in [0.05, 0.1) is 0 Å².